The molecule has 1 unspecified atom stereocenters. The van der Waals surface area contributed by atoms with Crippen molar-refractivity contribution in [2.45, 2.75) is 13.3 Å². The van der Waals surface area contributed by atoms with Crippen LogP contribution in [-0.4, -0.2) is 57.0 Å². The summed E-state index contributed by atoms with van der Waals surface area (Å²) in [5.74, 6) is 0.218. The molecule has 6 heteroatoms. The van der Waals surface area contributed by atoms with Crippen molar-refractivity contribution in [3.05, 3.63) is 0 Å². The standard InChI is InChI=1S/C9H20N2O3S/c1-2-11-4-3-9(8-11)7-10-15(13,14)6-5-12/h9-10,12H,2-8H2,1H3. The summed E-state index contributed by atoms with van der Waals surface area (Å²) >= 11 is 0. The number of hydrogen-bond acceptors (Lipinski definition) is 4. The van der Waals surface area contributed by atoms with Gasteiger partial charge in [0.1, 0.15) is 0 Å². The molecule has 2 N–H and O–H groups in total. The Morgan fingerprint density at radius 1 is 1.53 bits per heavy atom. The summed E-state index contributed by atoms with van der Waals surface area (Å²) in [6, 6.07) is 0. The van der Waals surface area contributed by atoms with E-state index in [1.165, 1.54) is 0 Å². The monoisotopic (exact) mass is 236 g/mol. The summed E-state index contributed by atoms with van der Waals surface area (Å²) in [7, 11) is -3.26. The van der Waals surface area contributed by atoms with Crippen molar-refractivity contribution < 1.29 is 13.5 Å². The quantitative estimate of drug-likeness (QED) is 0.636. The highest BCUT2D eigenvalue weighted by Gasteiger charge is 2.22. The molecule has 0 spiro atoms. The van der Waals surface area contributed by atoms with E-state index < -0.39 is 10.0 Å². The van der Waals surface area contributed by atoms with E-state index in [-0.39, 0.29) is 12.4 Å². The van der Waals surface area contributed by atoms with Crippen molar-refractivity contribution >= 4 is 10.0 Å². The average Bonchev–Trinajstić information content (AvgIpc) is 2.62. The third kappa shape index (κ3) is 4.46. The first-order valence-electron chi connectivity index (χ1n) is 5.38. The predicted molar refractivity (Wildman–Crippen MR) is 59.1 cm³/mol. The molecule has 1 saturated heterocycles. The summed E-state index contributed by atoms with van der Waals surface area (Å²) in [4.78, 5) is 2.31. The van der Waals surface area contributed by atoms with Crippen LogP contribution in [0.2, 0.25) is 0 Å². The van der Waals surface area contributed by atoms with Gasteiger partial charge in [0.15, 0.2) is 0 Å². The van der Waals surface area contributed by atoms with Gasteiger partial charge >= 0.3 is 0 Å². The number of likely N-dealkylation sites (tertiary alicyclic amines) is 1. The minimum atomic E-state index is -3.26. The van der Waals surface area contributed by atoms with Crippen LogP contribution in [0.15, 0.2) is 0 Å². The van der Waals surface area contributed by atoms with Gasteiger partial charge in [-0.05, 0) is 25.4 Å². The second kappa shape index (κ2) is 5.79. The summed E-state index contributed by atoms with van der Waals surface area (Å²) in [6.07, 6.45) is 1.05. The third-order valence-electron chi connectivity index (χ3n) is 2.77. The molecule has 1 rings (SSSR count). The molecular formula is C9H20N2O3S. The number of rotatable bonds is 6. The molecule has 0 radical (unpaired) electrons. The van der Waals surface area contributed by atoms with Crippen LogP contribution in [0.3, 0.4) is 0 Å². The Morgan fingerprint density at radius 3 is 2.80 bits per heavy atom. The highest BCUT2D eigenvalue weighted by Crippen LogP contribution is 2.14. The molecule has 0 aliphatic carbocycles. The first-order chi connectivity index (χ1) is 7.07. The van der Waals surface area contributed by atoms with Crippen LogP contribution in [0, 0.1) is 5.92 Å². The smallest absolute Gasteiger partial charge is 0.213 e. The van der Waals surface area contributed by atoms with E-state index in [1.807, 2.05) is 0 Å². The number of nitrogens with one attached hydrogen (secondary N) is 1. The largest absolute Gasteiger partial charge is 0.395 e. The maximum atomic E-state index is 11.3. The maximum Gasteiger partial charge on any atom is 0.213 e. The van der Waals surface area contributed by atoms with E-state index in [0.717, 1.165) is 26.1 Å². The van der Waals surface area contributed by atoms with Gasteiger partial charge in [-0.2, -0.15) is 0 Å². The van der Waals surface area contributed by atoms with E-state index in [0.29, 0.717) is 12.5 Å². The van der Waals surface area contributed by atoms with Crippen molar-refractivity contribution in [1.82, 2.24) is 9.62 Å². The van der Waals surface area contributed by atoms with Gasteiger partial charge in [-0.3, -0.25) is 0 Å². The fraction of sp³-hybridized carbons (Fsp3) is 1.00. The molecule has 0 aromatic carbocycles. The second-order valence-corrected chi connectivity index (χ2v) is 5.87. The molecule has 0 saturated carbocycles. The minimum Gasteiger partial charge on any atom is -0.395 e. The number of aliphatic hydroxyl groups excluding tert-OH is 1. The van der Waals surface area contributed by atoms with Gasteiger partial charge in [0, 0.05) is 13.1 Å². The Labute approximate surface area is 91.5 Å². The molecule has 1 heterocycles. The molecule has 0 aromatic rings. The second-order valence-electron chi connectivity index (χ2n) is 3.94. The first kappa shape index (κ1) is 12.9. The summed E-state index contributed by atoms with van der Waals surface area (Å²) < 4.78 is 25.0. The summed E-state index contributed by atoms with van der Waals surface area (Å²) in [6.45, 7) is 5.35. The van der Waals surface area contributed by atoms with Crippen molar-refractivity contribution in [1.29, 1.82) is 0 Å². The molecule has 15 heavy (non-hydrogen) atoms. The third-order valence-corrected chi connectivity index (χ3v) is 4.10. The minimum absolute atomic E-state index is 0.197. The molecule has 1 aliphatic rings. The fourth-order valence-electron chi connectivity index (χ4n) is 1.80. The topological polar surface area (TPSA) is 69.6 Å². The predicted octanol–water partition coefficient (Wildman–Crippen LogP) is -0.760. The Morgan fingerprint density at radius 2 is 2.27 bits per heavy atom. The van der Waals surface area contributed by atoms with Crippen LogP contribution < -0.4 is 4.72 Å². The zero-order chi connectivity index (χ0) is 11.3. The Hall–Kier alpha value is -0.170. The van der Waals surface area contributed by atoms with Crippen LogP contribution in [0.1, 0.15) is 13.3 Å². The lowest BCUT2D eigenvalue weighted by Gasteiger charge is -2.13. The molecule has 1 aliphatic heterocycles. The van der Waals surface area contributed by atoms with Crippen molar-refractivity contribution in [2.75, 3.05) is 38.5 Å². The molecule has 0 bridgehead atoms. The zero-order valence-electron chi connectivity index (χ0n) is 9.15. The van der Waals surface area contributed by atoms with E-state index in [2.05, 4.69) is 16.5 Å². The number of aliphatic hydroxyl groups is 1. The van der Waals surface area contributed by atoms with Crippen molar-refractivity contribution in [3.63, 3.8) is 0 Å². The molecule has 0 amide bonds. The zero-order valence-corrected chi connectivity index (χ0v) is 9.96. The van der Waals surface area contributed by atoms with E-state index in [4.69, 9.17) is 5.11 Å². The van der Waals surface area contributed by atoms with Gasteiger partial charge < -0.3 is 10.0 Å². The molecule has 0 aromatic heterocycles. The Balaban J connectivity index is 2.26. The van der Waals surface area contributed by atoms with Crippen molar-refractivity contribution in [2.24, 2.45) is 5.92 Å². The highest BCUT2D eigenvalue weighted by atomic mass is 32.2. The lowest BCUT2D eigenvalue weighted by Crippen LogP contribution is -2.33. The fourth-order valence-corrected chi connectivity index (χ4v) is 2.68. The lowest BCUT2D eigenvalue weighted by atomic mass is 10.1. The van der Waals surface area contributed by atoms with Gasteiger partial charge in [-0.25, -0.2) is 13.1 Å². The number of hydrogen-bond donors (Lipinski definition) is 2. The van der Waals surface area contributed by atoms with Gasteiger partial charge in [0.05, 0.1) is 12.4 Å². The van der Waals surface area contributed by atoms with Gasteiger partial charge in [-0.15, -0.1) is 0 Å². The maximum absolute atomic E-state index is 11.3. The van der Waals surface area contributed by atoms with Gasteiger partial charge in [-0.1, -0.05) is 6.92 Å². The van der Waals surface area contributed by atoms with Crippen molar-refractivity contribution in [3.8, 4) is 0 Å². The summed E-state index contributed by atoms with van der Waals surface area (Å²) in [5.41, 5.74) is 0. The van der Waals surface area contributed by atoms with Gasteiger partial charge in [0.2, 0.25) is 10.0 Å². The van der Waals surface area contributed by atoms with Crippen LogP contribution >= 0.6 is 0 Å². The summed E-state index contributed by atoms with van der Waals surface area (Å²) in [5, 5.41) is 8.55. The average molecular weight is 236 g/mol. The molecule has 1 atom stereocenters. The Bertz CT molecular complexity index is 279. The normalized spacial score (nSPS) is 23.5. The van der Waals surface area contributed by atoms with Crippen LogP contribution in [0.5, 0.6) is 0 Å². The lowest BCUT2D eigenvalue weighted by molar-refractivity contribution is 0.318. The van der Waals surface area contributed by atoms with Crippen LogP contribution in [0.25, 0.3) is 0 Å². The first-order valence-corrected chi connectivity index (χ1v) is 7.03. The molecule has 90 valence electrons. The van der Waals surface area contributed by atoms with E-state index in [1.54, 1.807) is 0 Å². The van der Waals surface area contributed by atoms with E-state index in [9.17, 15) is 8.42 Å². The SMILES string of the molecule is CCN1CCC(CNS(=O)(=O)CCO)C1. The van der Waals surface area contributed by atoms with Gasteiger partial charge in [0.25, 0.3) is 0 Å². The molecule has 5 nitrogen and oxygen atoms in total. The Kier molecular flexibility index (Phi) is 4.98. The number of nitrogens with zero attached hydrogens (tertiary/aromatic N) is 1. The van der Waals surface area contributed by atoms with Crippen LogP contribution in [0.4, 0.5) is 0 Å². The molecule has 1 fully saturated rings. The molecular weight excluding hydrogens is 216 g/mol. The van der Waals surface area contributed by atoms with Crippen LogP contribution in [-0.2, 0) is 10.0 Å². The van der Waals surface area contributed by atoms with E-state index >= 15 is 0 Å². The highest BCUT2D eigenvalue weighted by molar-refractivity contribution is 7.89. The number of sulfonamides is 1.